The molecule has 0 bridgehead atoms. The van der Waals surface area contributed by atoms with Crippen LogP contribution >= 0.6 is 0 Å². The number of carbonyl (C=O) groups is 1. The molecule has 0 saturated carbocycles. The standard InChI is InChI=1S/C18H19FN2O4S/c1-25-17-9-8-15(11-16(17)21-10-2-3-18(21)22)26(23,24)20-12-13-4-6-14(19)7-5-13/h4-9,11,20H,2-3,10,12H2,1H3. The first kappa shape index (κ1) is 18.3. The minimum absolute atomic E-state index is 0.0343. The van der Waals surface area contributed by atoms with Gasteiger partial charge in [0.1, 0.15) is 11.6 Å². The highest BCUT2D eigenvalue weighted by molar-refractivity contribution is 7.89. The molecule has 1 fully saturated rings. The molecule has 0 aliphatic carbocycles. The third kappa shape index (κ3) is 3.86. The number of sulfonamides is 1. The summed E-state index contributed by atoms with van der Waals surface area (Å²) >= 11 is 0. The lowest BCUT2D eigenvalue weighted by atomic mass is 10.2. The maximum Gasteiger partial charge on any atom is 0.240 e. The summed E-state index contributed by atoms with van der Waals surface area (Å²) in [5, 5.41) is 0. The van der Waals surface area contributed by atoms with Gasteiger partial charge in [0.2, 0.25) is 15.9 Å². The molecule has 0 atom stereocenters. The third-order valence-electron chi connectivity index (χ3n) is 4.20. The van der Waals surface area contributed by atoms with Gasteiger partial charge in [0.05, 0.1) is 17.7 Å². The molecule has 0 aromatic heterocycles. The summed E-state index contributed by atoms with van der Waals surface area (Å²) < 4.78 is 45.9. The van der Waals surface area contributed by atoms with Gasteiger partial charge in [-0.2, -0.15) is 0 Å². The molecular weight excluding hydrogens is 359 g/mol. The van der Waals surface area contributed by atoms with E-state index in [2.05, 4.69) is 4.72 Å². The van der Waals surface area contributed by atoms with Crippen LogP contribution in [0.25, 0.3) is 0 Å². The lowest BCUT2D eigenvalue weighted by Crippen LogP contribution is -2.26. The lowest BCUT2D eigenvalue weighted by Gasteiger charge is -2.20. The third-order valence-corrected chi connectivity index (χ3v) is 5.60. The molecule has 1 aliphatic heterocycles. The fourth-order valence-corrected chi connectivity index (χ4v) is 3.85. The number of nitrogens with one attached hydrogen (secondary N) is 1. The van der Waals surface area contributed by atoms with E-state index in [1.54, 1.807) is 0 Å². The number of rotatable bonds is 6. The van der Waals surface area contributed by atoms with Gasteiger partial charge in [-0.15, -0.1) is 0 Å². The van der Waals surface area contributed by atoms with Gasteiger partial charge in [0.15, 0.2) is 0 Å². The Kier molecular flexibility index (Phi) is 5.24. The molecule has 1 saturated heterocycles. The number of halogens is 1. The van der Waals surface area contributed by atoms with Crippen molar-refractivity contribution in [3.8, 4) is 5.75 Å². The van der Waals surface area contributed by atoms with Crippen LogP contribution in [0.4, 0.5) is 10.1 Å². The average molecular weight is 378 g/mol. The van der Waals surface area contributed by atoms with Gasteiger partial charge in [-0.3, -0.25) is 4.79 Å². The molecule has 6 nitrogen and oxygen atoms in total. The second kappa shape index (κ2) is 7.43. The van der Waals surface area contributed by atoms with Crippen LogP contribution in [0, 0.1) is 5.82 Å². The van der Waals surface area contributed by atoms with Crippen LogP contribution in [0.5, 0.6) is 5.75 Å². The summed E-state index contributed by atoms with van der Waals surface area (Å²) in [5.74, 6) is 0.00142. The van der Waals surface area contributed by atoms with E-state index in [1.807, 2.05) is 0 Å². The first-order valence-corrected chi connectivity index (χ1v) is 9.61. The van der Waals surface area contributed by atoms with Crippen molar-refractivity contribution < 1.29 is 22.3 Å². The fourth-order valence-electron chi connectivity index (χ4n) is 2.81. The van der Waals surface area contributed by atoms with Crippen molar-refractivity contribution in [1.29, 1.82) is 0 Å². The summed E-state index contributed by atoms with van der Waals surface area (Å²) in [6, 6.07) is 9.97. The normalized spacial score (nSPS) is 14.7. The summed E-state index contributed by atoms with van der Waals surface area (Å²) in [6.45, 7) is 0.564. The first-order chi connectivity index (χ1) is 12.4. The van der Waals surface area contributed by atoms with Crippen LogP contribution in [0.2, 0.25) is 0 Å². The van der Waals surface area contributed by atoms with Crippen molar-refractivity contribution in [1.82, 2.24) is 4.72 Å². The second-order valence-corrected chi connectivity index (χ2v) is 7.70. The molecule has 138 valence electrons. The number of amides is 1. The van der Waals surface area contributed by atoms with Gasteiger partial charge >= 0.3 is 0 Å². The molecule has 1 amide bonds. The monoisotopic (exact) mass is 378 g/mol. The van der Waals surface area contributed by atoms with E-state index in [-0.39, 0.29) is 23.2 Å². The summed E-state index contributed by atoms with van der Waals surface area (Å²) in [5.41, 5.74) is 1.08. The Labute approximate surface area is 151 Å². The molecule has 2 aromatic rings. The zero-order chi connectivity index (χ0) is 18.7. The molecule has 1 heterocycles. The molecule has 0 spiro atoms. The highest BCUT2D eigenvalue weighted by atomic mass is 32.2. The van der Waals surface area contributed by atoms with Crippen LogP contribution in [-0.4, -0.2) is 28.0 Å². The number of nitrogens with zero attached hydrogens (tertiary/aromatic N) is 1. The number of hydrogen-bond donors (Lipinski definition) is 1. The number of ether oxygens (including phenoxy) is 1. The van der Waals surface area contributed by atoms with Crippen LogP contribution < -0.4 is 14.4 Å². The Morgan fingerprint density at radius 1 is 1.19 bits per heavy atom. The Morgan fingerprint density at radius 2 is 1.92 bits per heavy atom. The van der Waals surface area contributed by atoms with Crippen molar-refractivity contribution in [2.24, 2.45) is 0 Å². The Balaban J connectivity index is 1.85. The molecule has 26 heavy (non-hydrogen) atoms. The predicted molar refractivity (Wildman–Crippen MR) is 95.0 cm³/mol. The maximum atomic E-state index is 12.9. The molecule has 1 N–H and O–H groups in total. The zero-order valence-corrected chi connectivity index (χ0v) is 15.1. The largest absolute Gasteiger partial charge is 0.495 e. The number of benzene rings is 2. The van der Waals surface area contributed by atoms with Crippen LogP contribution in [0.1, 0.15) is 18.4 Å². The molecular formula is C18H19FN2O4S. The molecule has 0 unspecified atom stereocenters. The molecule has 3 rings (SSSR count). The SMILES string of the molecule is COc1ccc(S(=O)(=O)NCc2ccc(F)cc2)cc1N1CCCC1=O. The molecule has 1 aliphatic rings. The van der Waals surface area contributed by atoms with E-state index in [1.165, 1.54) is 54.5 Å². The Bertz CT molecular complexity index is 913. The van der Waals surface area contributed by atoms with Crippen molar-refractivity contribution in [2.75, 3.05) is 18.6 Å². The molecule has 2 aromatic carbocycles. The van der Waals surface area contributed by atoms with Gasteiger partial charge < -0.3 is 9.64 Å². The van der Waals surface area contributed by atoms with Gasteiger partial charge in [-0.1, -0.05) is 12.1 Å². The molecule has 0 radical (unpaired) electrons. The quantitative estimate of drug-likeness (QED) is 0.838. The number of anilines is 1. The predicted octanol–water partition coefficient (Wildman–Crippen LogP) is 2.44. The maximum absolute atomic E-state index is 12.9. The summed E-state index contributed by atoms with van der Waals surface area (Å²) in [7, 11) is -2.33. The number of carbonyl (C=O) groups excluding carboxylic acids is 1. The van der Waals surface area contributed by atoms with Gasteiger partial charge in [0, 0.05) is 19.5 Å². The zero-order valence-electron chi connectivity index (χ0n) is 14.2. The highest BCUT2D eigenvalue weighted by Gasteiger charge is 2.26. The van der Waals surface area contributed by atoms with E-state index in [4.69, 9.17) is 4.74 Å². The molecule has 8 heteroatoms. The highest BCUT2D eigenvalue weighted by Crippen LogP contribution is 2.33. The van der Waals surface area contributed by atoms with Crippen LogP contribution in [0.3, 0.4) is 0 Å². The fraction of sp³-hybridized carbons (Fsp3) is 0.278. The average Bonchev–Trinajstić information content (AvgIpc) is 3.06. The van der Waals surface area contributed by atoms with Crippen molar-refractivity contribution in [3.63, 3.8) is 0 Å². The van der Waals surface area contributed by atoms with Gasteiger partial charge in [0.25, 0.3) is 0 Å². The summed E-state index contributed by atoms with van der Waals surface area (Å²) in [4.78, 5) is 13.6. The van der Waals surface area contributed by atoms with E-state index < -0.39 is 10.0 Å². The number of methoxy groups -OCH3 is 1. The topological polar surface area (TPSA) is 75.7 Å². The van der Waals surface area contributed by atoms with Gasteiger partial charge in [-0.25, -0.2) is 17.5 Å². The van der Waals surface area contributed by atoms with Crippen LogP contribution in [-0.2, 0) is 21.4 Å². The summed E-state index contributed by atoms with van der Waals surface area (Å²) in [6.07, 6.45) is 1.16. The van der Waals surface area contributed by atoms with Gasteiger partial charge in [-0.05, 0) is 42.3 Å². The Morgan fingerprint density at radius 3 is 2.54 bits per heavy atom. The smallest absolute Gasteiger partial charge is 0.240 e. The second-order valence-electron chi connectivity index (χ2n) is 5.93. The van der Waals surface area contributed by atoms with E-state index in [0.717, 1.165) is 6.42 Å². The van der Waals surface area contributed by atoms with Crippen molar-refractivity contribution >= 4 is 21.6 Å². The van der Waals surface area contributed by atoms with Crippen LogP contribution in [0.15, 0.2) is 47.4 Å². The minimum atomic E-state index is -3.80. The van der Waals surface area contributed by atoms with E-state index in [9.17, 15) is 17.6 Å². The first-order valence-electron chi connectivity index (χ1n) is 8.13. The Hall–Kier alpha value is -2.45. The van der Waals surface area contributed by atoms with Crippen molar-refractivity contribution in [3.05, 3.63) is 53.8 Å². The lowest BCUT2D eigenvalue weighted by molar-refractivity contribution is -0.117. The van der Waals surface area contributed by atoms with E-state index >= 15 is 0 Å². The minimum Gasteiger partial charge on any atom is -0.495 e. The van der Waals surface area contributed by atoms with E-state index in [0.29, 0.717) is 30.0 Å². The van der Waals surface area contributed by atoms with Crippen molar-refractivity contribution in [2.45, 2.75) is 24.3 Å². The number of hydrogen-bond acceptors (Lipinski definition) is 4.